The van der Waals surface area contributed by atoms with E-state index in [1.165, 1.54) is 11.1 Å². The Hall–Kier alpha value is -4.82. The number of benzene rings is 4. The molecule has 1 amide bonds. The molecule has 0 saturated carbocycles. The number of nitrogens with zero attached hydrogens (tertiary/aromatic N) is 1. The SMILES string of the molecule is COc1ccc(CCN(C)CCCCc2ccc(NC(=O)c3cccc4c(=O)c5cccc(OC)c5[nH]c34)cc2)cc1OC. The number of aromatic nitrogens is 1. The Morgan fingerprint density at radius 3 is 2.14 bits per heavy atom. The highest BCUT2D eigenvalue weighted by atomic mass is 16.5. The van der Waals surface area contributed by atoms with Crippen molar-refractivity contribution in [1.82, 2.24) is 9.88 Å². The van der Waals surface area contributed by atoms with Crippen LogP contribution in [-0.2, 0) is 12.8 Å². The molecule has 5 aromatic rings. The molecule has 44 heavy (non-hydrogen) atoms. The van der Waals surface area contributed by atoms with Gasteiger partial charge in [-0.15, -0.1) is 0 Å². The Kier molecular flexibility index (Phi) is 9.82. The van der Waals surface area contributed by atoms with Gasteiger partial charge in [-0.2, -0.15) is 0 Å². The van der Waals surface area contributed by atoms with Gasteiger partial charge in [-0.1, -0.05) is 30.3 Å². The quantitative estimate of drug-likeness (QED) is 0.120. The van der Waals surface area contributed by atoms with Gasteiger partial charge < -0.3 is 29.4 Å². The van der Waals surface area contributed by atoms with E-state index in [1.54, 1.807) is 57.7 Å². The lowest BCUT2D eigenvalue weighted by molar-refractivity contribution is 0.102. The van der Waals surface area contributed by atoms with E-state index in [1.807, 2.05) is 24.3 Å². The second-order valence-electron chi connectivity index (χ2n) is 10.9. The van der Waals surface area contributed by atoms with Crippen LogP contribution in [-0.4, -0.2) is 57.3 Å². The second kappa shape index (κ2) is 14.1. The number of ether oxygens (including phenoxy) is 3. The van der Waals surface area contributed by atoms with Gasteiger partial charge in [0.15, 0.2) is 16.9 Å². The summed E-state index contributed by atoms with van der Waals surface area (Å²) in [6.07, 6.45) is 4.09. The van der Waals surface area contributed by atoms with Crippen molar-refractivity contribution in [2.75, 3.05) is 46.8 Å². The molecule has 0 radical (unpaired) electrons. The van der Waals surface area contributed by atoms with Crippen LogP contribution in [0.15, 0.2) is 83.7 Å². The molecule has 1 aromatic heterocycles. The van der Waals surface area contributed by atoms with Gasteiger partial charge in [-0.25, -0.2) is 0 Å². The monoisotopic (exact) mass is 593 g/mol. The van der Waals surface area contributed by atoms with Gasteiger partial charge >= 0.3 is 0 Å². The predicted molar refractivity (Wildman–Crippen MR) is 177 cm³/mol. The molecular weight excluding hydrogens is 554 g/mol. The number of unbranched alkanes of at least 4 members (excludes halogenated alkanes) is 1. The van der Waals surface area contributed by atoms with E-state index in [0.717, 1.165) is 50.3 Å². The minimum absolute atomic E-state index is 0.143. The molecule has 0 aliphatic carbocycles. The molecule has 0 aliphatic rings. The molecule has 4 aromatic carbocycles. The first-order valence-electron chi connectivity index (χ1n) is 14.8. The number of rotatable bonds is 13. The summed E-state index contributed by atoms with van der Waals surface area (Å²) in [5.74, 6) is 1.77. The summed E-state index contributed by atoms with van der Waals surface area (Å²) < 4.78 is 16.2. The number of aromatic amines is 1. The van der Waals surface area contributed by atoms with Crippen molar-refractivity contribution in [2.24, 2.45) is 0 Å². The molecule has 5 rings (SSSR count). The van der Waals surface area contributed by atoms with Crippen LogP contribution in [0.1, 0.15) is 34.3 Å². The molecule has 0 unspecified atom stereocenters. The number of carbonyl (C=O) groups excluding carboxylic acids is 1. The summed E-state index contributed by atoms with van der Waals surface area (Å²) >= 11 is 0. The first-order valence-corrected chi connectivity index (χ1v) is 14.8. The number of amides is 1. The highest BCUT2D eigenvalue weighted by Gasteiger charge is 2.16. The number of H-pyrrole nitrogens is 1. The predicted octanol–water partition coefficient (Wildman–Crippen LogP) is 6.46. The van der Waals surface area contributed by atoms with Crippen molar-refractivity contribution in [2.45, 2.75) is 25.7 Å². The van der Waals surface area contributed by atoms with Crippen LogP contribution in [0.3, 0.4) is 0 Å². The average molecular weight is 594 g/mol. The number of carbonyl (C=O) groups is 1. The van der Waals surface area contributed by atoms with Gasteiger partial charge in [0.2, 0.25) is 0 Å². The molecule has 0 bridgehead atoms. The Bertz CT molecular complexity index is 1810. The number of likely N-dealkylation sites (N-methyl/N-ethyl adjacent to an activating group) is 1. The van der Waals surface area contributed by atoms with Crippen molar-refractivity contribution in [3.05, 3.63) is 106 Å². The number of anilines is 1. The minimum Gasteiger partial charge on any atom is -0.495 e. The van der Waals surface area contributed by atoms with Crippen LogP contribution in [0.4, 0.5) is 5.69 Å². The van der Waals surface area contributed by atoms with Crippen LogP contribution in [0.2, 0.25) is 0 Å². The number of aryl methyl sites for hydroxylation is 1. The van der Waals surface area contributed by atoms with Gasteiger partial charge in [-0.3, -0.25) is 9.59 Å². The fourth-order valence-electron chi connectivity index (χ4n) is 5.49. The second-order valence-corrected chi connectivity index (χ2v) is 10.9. The summed E-state index contributed by atoms with van der Waals surface area (Å²) in [6.45, 7) is 1.99. The maximum absolute atomic E-state index is 13.3. The molecule has 228 valence electrons. The Morgan fingerprint density at radius 2 is 1.41 bits per heavy atom. The van der Waals surface area contributed by atoms with Crippen molar-refractivity contribution < 1.29 is 19.0 Å². The zero-order valence-corrected chi connectivity index (χ0v) is 25.7. The third-order valence-corrected chi connectivity index (χ3v) is 7.99. The fraction of sp³-hybridized carbons (Fsp3) is 0.278. The van der Waals surface area contributed by atoms with E-state index in [9.17, 15) is 9.59 Å². The summed E-state index contributed by atoms with van der Waals surface area (Å²) in [5, 5.41) is 3.96. The average Bonchev–Trinajstić information content (AvgIpc) is 3.06. The number of pyridine rings is 1. The zero-order valence-electron chi connectivity index (χ0n) is 25.7. The first kappa shape index (κ1) is 30.6. The third kappa shape index (κ3) is 6.87. The van der Waals surface area contributed by atoms with E-state index >= 15 is 0 Å². The van der Waals surface area contributed by atoms with Gasteiger partial charge in [0.25, 0.3) is 5.91 Å². The normalized spacial score (nSPS) is 11.2. The number of methoxy groups -OCH3 is 3. The smallest absolute Gasteiger partial charge is 0.257 e. The maximum Gasteiger partial charge on any atom is 0.257 e. The maximum atomic E-state index is 13.3. The summed E-state index contributed by atoms with van der Waals surface area (Å²) in [5.41, 5.74) is 4.46. The van der Waals surface area contributed by atoms with Crippen molar-refractivity contribution >= 4 is 33.4 Å². The Labute approximate surface area is 257 Å². The van der Waals surface area contributed by atoms with Crippen LogP contribution >= 0.6 is 0 Å². The number of para-hydroxylation sites is 2. The van der Waals surface area contributed by atoms with Crippen LogP contribution in [0.25, 0.3) is 21.8 Å². The van der Waals surface area contributed by atoms with E-state index < -0.39 is 0 Å². The van der Waals surface area contributed by atoms with Crippen molar-refractivity contribution in [1.29, 1.82) is 0 Å². The van der Waals surface area contributed by atoms with E-state index in [-0.39, 0.29) is 11.3 Å². The molecule has 0 saturated heterocycles. The van der Waals surface area contributed by atoms with E-state index in [4.69, 9.17) is 14.2 Å². The first-order chi connectivity index (χ1) is 21.4. The standard InChI is InChI=1S/C36H39N3O5/c1-39(22-20-25-16-19-30(42-2)32(23-25)44-4)21-6-5-9-24-14-17-26(18-15-24)37-36(41)29-12-7-10-27-33(29)38-34-28(35(27)40)11-8-13-31(34)43-3/h7-8,10-19,23H,5-6,9,20-22H2,1-4H3,(H,37,41)(H,38,40). The van der Waals surface area contributed by atoms with Crippen molar-refractivity contribution in [3.63, 3.8) is 0 Å². The van der Waals surface area contributed by atoms with Crippen molar-refractivity contribution in [3.8, 4) is 17.2 Å². The van der Waals surface area contributed by atoms with Gasteiger partial charge in [0, 0.05) is 23.0 Å². The molecule has 8 nitrogen and oxygen atoms in total. The molecule has 0 fully saturated rings. The molecule has 0 spiro atoms. The molecule has 1 heterocycles. The summed E-state index contributed by atoms with van der Waals surface area (Å²) in [6, 6.07) is 24.5. The largest absolute Gasteiger partial charge is 0.495 e. The number of fused-ring (bicyclic) bond motifs is 2. The Morgan fingerprint density at radius 1 is 0.727 bits per heavy atom. The molecule has 2 N–H and O–H groups in total. The number of nitrogens with one attached hydrogen (secondary N) is 2. The highest BCUT2D eigenvalue weighted by Crippen LogP contribution is 2.28. The zero-order chi connectivity index (χ0) is 31.1. The number of hydrogen-bond acceptors (Lipinski definition) is 6. The topological polar surface area (TPSA) is 92.9 Å². The molecule has 8 heteroatoms. The van der Waals surface area contributed by atoms with Gasteiger partial charge in [0.05, 0.1) is 37.9 Å². The Balaban J connectivity index is 1.14. The lowest BCUT2D eigenvalue weighted by atomic mass is 10.0. The highest BCUT2D eigenvalue weighted by molar-refractivity contribution is 6.13. The summed E-state index contributed by atoms with van der Waals surface area (Å²) in [4.78, 5) is 32.1. The lowest BCUT2D eigenvalue weighted by Crippen LogP contribution is -2.22. The van der Waals surface area contributed by atoms with Crippen LogP contribution < -0.4 is 25.0 Å². The van der Waals surface area contributed by atoms with Gasteiger partial charge in [-0.05, 0) is 98.9 Å². The van der Waals surface area contributed by atoms with E-state index in [0.29, 0.717) is 38.8 Å². The van der Waals surface area contributed by atoms with Crippen LogP contribution in [0.5, 0.6) is 17.2 Å². The molecule has 0 atom stereocenters. The molecule has 0 aliphatic heterocycles. The lowest BCUT2D eigenvalue weighted by Gasteiger charge is -2.17. The fourth-order valence-corrected chi connectivity index (χ4v) is 5.49. The number of hydrogen-bond donors (Lipinski definition) is 2. The van der Waals surface area contributed by atoms with Crippen LogP contribution in [0, 0.1) is 0 Å². The van der Waals surface area contributed by atoms with E-state index in [2.05, 4.69) is 40.4 Å². The minimum atomic E-state index is -0.288. The third-order valence-electron chi connectivity index (χ3n) is 7.99. The van der Waals surface area contributed by atoms with Gasteiger partial charge in [0.1, 0.15) is 5.75 Å². The summed E-state index contributed by atoms with van der Waals surface area (Å²) in [7, 11) is 7.02. The molecular formula is C36H39N3O5.